The fourth-order valence-corrected chi connectivity index (χ4v) is 5.39. The number of nitrogens with zero attached hydrogens (tertiary/aromatic N) is 1. The molecule has 14 heteroatoms. The number of sulfonamides is 1. The highest BCUT2D eigenvalue weighted by Crippen LogP contribution is 2.30. The molecule has 41 heavy (non-hydrogen) atoms. The van der Waals surface area contributed by atoms with E-state index in [9.17, 15) is 34.8 Å². The highest BCUT2D eigenvalue weighted by Gasteiger charge is 2.48. The van der Waals surface area contributed by atoms with E-state index >= 15 is 0 Å². The molecule has 0 bridgehead atoms. The van der Waals surface area contributed by atoms with Crippen LogP contribution in [0, 0.1) is 0 Å². The monoisotopic (exact) mass is 611 g/mol. The average Bonchev–Trinajstić information content (AvgIpc) is 2.91. The summed E-state index contributed by atoms with van der Waals surface area (Å²) >= 11 is 0. The zero-order chi connectivity index (χ0) is 29.8. The second-order valence-corrected chi connectivity index (χ2v) is 12.6. The van der Waals surface area contributed by atoms with Crippen LogP contribution in [0.25, 0.3) is 11.1 Å². The Morgan fingerprint density at radius 2 is 1.54 bits per heavy atom. The Hall–Kier alpha value is -3.46. The molecule has 1 heterocycles. The number of carbonyl (C=O) groups excluding carboxylic acids is 1. The lowest BCUT2D eigenvalue weighted by Crippen LogP contribution is -2.32. The Labute approximate surface area is 236 Å². The zero-order valence-corrected chi connectivity index (χ0v) is 23.4. The molecule has 3 aromatic rings. The number of primary sulfonamides is 1. The van der Waals surface area contributed by atoms with E-state index in [2.05, 4.69) is 14.4 Å². The Morgan fingerprint density at radius 1 is 0.902 bits per heavy atom. The lowest BCUT2D eigenvalue weighted by atomic mass is 9.99. The first-order valence-electron chi connectivity index (χ1n) is 12.6. The van der Waals surface area contributed by atoms with E-state index < -0.39 is 25.6 Å². The fraction of sp³-hybridized carbons (Fsp3) is 0.296. The van der Waals surface area contributed by atoms with Gasteiger partial charge in [0.15, 0.2) is 0 Å². The predicted molar refractivity (Wildman–Crippen MR) is 146 cm³/mol. The maximum absolute atomic E-state index is 12.6. The van der Waals surface area contributed by atoms with Crippen LogP contribution in [-0.2, 0) is 33.1 Å². The summed E-state index contributed by atoms with van der Waals surface area (Å²) in [5, 5.41) is 7.99. The van der Waals surface area contributed by atoms with E-state index in [1.165, 1.54) is 24.3 Å². The number of unbranched alkanes of at least 4 members (excludes halogenated alkanes) is 1. The third-order valence-electron chi connectivity index (χ3n) is 6.61. The van der Waals surface area contributed by atoms with Gasteiger partial charge < -0.3 is 9.50 Å². The second-order valence-electron chi connectivity index (χ2n) is 9.55. The van der Waals surface area contributed by atoms with Crippen molar-refractivity contribution in [2.45, 2.75) is 36.2 Å². The van der Waals surface area contributed by atoms with E-state index in [1.54, 1.807) is 42.5 Å². The van der Waals surface area contributed by atoms with Gasteiger partial charge in [0.25, 0.3) is 5.91 Å². The third kappa shape index (κ3) is 7.85. The Bertz CT molecular complexity index is 1610. The van der Waals surface area contributed by atoms with Crippen molar-refractivity contribution in [2.75, 3.05) is 19.6 Å². The molecule has 0 atom stereocenters. The summed E-state index contributed by atoms with van der Waals surface area (Å²) in [6.45, 7) is 2.34. The molecular formula is C27H28F3N3O6S2. The van der Waals surface area contributed by atoms with Gasteiger partial charge in [-0.3, -0.25) is 9.69 Å². The van der Waals surface area contributed by atoms with Gasteiger partial charge in [0.05, 0.1) is 4.90 Å². The van der Waals surface area contributed by atoms with Crippen molar-refractivity contribution in [3.63, 3.8) is 0 Å². The van der Waals surface area contributed by atoms with Gasteiger partial charge >= 0.3 is 15.6 Å². The number of hydrogen-bond donors (Lipinski definition) is 2. The van der Waals surface area contributed by atoms with E-state index in [-0.39, 0.29) is 16.6 Å². The van der Waals surface area contributed by atoms with Crippen LogP contribution >= 0.6 is 0 Å². The molecule has 3 aromatic carbocycles. The average molecular weight is 612 g/mol. The van der Waals surface area contributed by atoms with Crippen molar-refractivity contribution in [3.05, 3.63) is 83.4 Å². The van der Waals surface area contributed by atoms with Crippen LogP contribution in [0.3, 0.4) is 0 Å². The standard InChI is InChI=1S/C27H28F3N3O6S2/c28-27(29,30)41(37,38)39-24-10-7-21-13-16-33(18-23(21)17-24)15-2-1-14-32-26(34)22-5-3-19(4-6-22)20-8-11-25(12-9-20)40(31,35)36/h3-12,17H,1-2,13-16,18H2,(H,32,34)(H2,31,35,36). The number of hydrogen-bond acceptors (Lipinski definition) is 7. The fourth-order valence-electron chi connectivity index (χ4n) is 4.42. The molecule has 0 fully saturated rings. The topological polar surface area (TPSA) is 136 Å². The molecule has 0 unspecified atom stereocenters. The molecule has 0 saturated heterocycles. The molecule has 1 amide bonds. The Kier molecular flexibility index (Phi) is 9.07. The van der Waals surface area contributed by atoms with Gasteiger partial charge in [-0.05, 0) is 84.5 Å². The third-order valence-corrected chi connectivity index (χ3v) is 8.52. The number of alkyl halides is 3. The zero-order valence-electron chi connectivity index (χ0n) is 21.7. The van der Waals surface area contributed by atoms with Crippen molar-refractivity contribution in [3.8, 4) is 16.9 Å². The van der Waals surface area contributed by atoms with Crippen LogP contribution in [0.4, 0.5) is 13.2 Å². The SMILES string of the molecule is NS(=O)(=O)c1ccc(-c2ccc(C(=O)NCCCCN3CCc4ccc(OS(=O)(=O)C(F)(F)F)cc4C3)cc2)cc1. The molecule has 0 aliphatic carbocycles. The minimum Gasteiger partial charge on any atom is -0.376 e. The summed E-state index contributed by atoms with van der Waals surface area (Å²) in [6, 6.07) is 17.2. The van der Waals surface area contributed by atoms with Crippen molar-refractivity contribution in [1.29, 1.82) is 0 Å². The van der Waals surface area contributed by atoms with E-state index in [1.807, 2.05) is 0 Å². The van der Waals surface area contributed by atoms with Gasteiger partial charge in [0.1, 0.15) is 5.75 Å². The van der Waals surface area contributed by atoms with Crippen LogP contribution in [0.1, 0.15) is 34.3 Å². The van der Waals surface area contributed by atoms with Crippen LogP contribution in [0.2, 0.25) is 0 Å². The quantitative estimate of drug-likeness (QED) is 0.202. The first kappa shape index (κ1) is 30.5. The summed E-state index contributed by atoms with van der Waals surface area (Å²) in [7, 11) is -9.50. The summed E-state index contributed by atoms with van der Waals surface area (Å²) in [4.78, 5) is 14.6. The van der Waals surface area contributed by atoms with E-state index in [0.29, 0.717) is 43.6 Å². The smallest absolute Gasteiger partial charge is 0.376 e. The highest BCUT2D eigenvalue weighted by molar-refractivity contribution is 7.89. The predicted octanol–water partition coefficient (Wildman–Crippen LogP) is 3.80. The first-order valence-corrected chi connectivity index (χ1v) is 15.5. The number of carbonyl (C=O) groups is 1. The van der Waals surface area contributed by atoms with Crippen molar-refractivity contribution in [1.82, 2.24) is 10.2 Å². The summed E-state index contributed by atoms with van der Waals surface area (Å²) < 4.78 is 87.5. The maximum atomic E-state index is 12.6. The number of nitrogens with one attached hydrogen (secondary N) is 1. The van der Waals surface area contributed by atoms with Gasteiger partial charge in [0.2, 0.25) is 10.0 Å². The minimum absolute atomic E-state index is 0.0172. The molecule has 4 rings (SSSR count). The molecule has 0 saturated carbocycles. The molecule has 0 aromatic heterocycles. The van der Waals surface area contributed by atoms with Crippen molar-refractivity contribution < 1.29 is 39.0 Å². The van der Waals surface area contributed by atoms with Gasteiger partial charge in [-0.1, -0.05) is 30.3 Å². The second kappa shape index (κ2) is 12.2. The van der Waals surface area contributed by atoms with E-state index in [4.69, 9.17) is 5.14 Å². The number of halogens is 3. The highest BCUT2D eigenvalue weighted by atomic mass is 32.2. The van der Waals surface area contributed by atoms with Crippen LogP contribution in [0.15, 0.2) is 71.6 Å². The molecule has 1 aliphatic heterocycles. The summed E-state index contributed by atoms with van der Waals surface area (Å²) in [6.07, 6.45) is 2.14. The molecule has 3 N–H and O–H groups in total. The van der Waals surface area contributed by atoms with Crippen LogP contribution in [0.5, 0.6) is 5.75 Å². The molecule has 0 spiro atoms. The Balaban J connectivity index is 1.22. The normalized spacial score (nSPS) is 14.3. The number of fused-ring (bicyclic) bond motifs is 1. The van der Waals surface area contributed by atoms with Crippen LogP contribution < -0.4 is 14.6 Å². The summed E-state index contributed by atoms with van der Waals surface area (Å²) in [5.74, 6) is -0.604. The first-order chi connectivity index (χ1) is 19.2. The number of rotatable bonds is 10. The summed E-state index contributed by atoms with van der Waals surface area (Å²) in [5.41, 5.74) is -1.79. The molecule has 0 radical (unpaired) electrons. The molecule has 9 nitrogen and oxygen atoms in total. The van der Waals surface area contributed by atoms with Gasteiger partial charge in [0, 0.05) is 25.2 Å². The van der Waals surface area contributed by atoms with Gasteiger partial charge in [-0.25, -0.2) is 13.6 Å². The number of amides is 1. The van der Waals surface area contributed by atoms with Gasteiger partial charge in [-0.15, -0.1) is 0 Å². The molecular weight excluding hydrogens is 583 g/mol. The van der Waals surface area contributed by atoms with Crippen molar-refractivity contribution in [2.24, 2.45) is 5.14 Å². The largest absolute Gasteiger partial charge is 0.534 e. The molecule has 220 valence electrons. The van der Waals surface area contributed by atoms with Crippen molar-refractivity contribution >= 4 is 26.0 Å². The molecule has 1 aliphatic rings. The van der Waals surface area contributed by atoms with E-state index in [0.717, 1.165) is 29.7 Å². The minimum atomic E-state index is -5.73. The lowest BCUT2D eigenvalue weighted by molar-refractivity contribution is -0.0500. The van der Waals surface area contributed by atoms with Gasteiger partial charge in [-0.2, -0.15) is 21.6 Å². The number of benzene rings is 3. The number of nitrogens with two attached hydrogens (primary N) is 1. The maximum Gasteiger partial charge on any atom is 0.534 e. The lowest BCUT2D eigenvalue weighted by Gasteiger charge is -2.29. The van der Waals surface area contributed by atoms with Crippen LogP contribution in [-0.4, -0.2) is 52.8 Å². The Morgan fingerprint density at radius 3 is 2.15 bits per heavy atom.